The molecule has 154 valence electrons. The molecule has 0 spiro atoms. The predicted molar refractivity (Wildman–Crippen MR) is 99.7 cm³/mol. The van der Waals surface area contributed by atoms with Crippen LogP contribution in [0.25, 0.3) is 0 Å². The largest absolute Gasteiger partial charge is 0.465 e. The number of furan rings is 1. The molecule has 1 amide bonds. The summed E-state index contributed by atoms with van der Waals surface area (Å²) < 4.78 is 10.6. The summed E-state index contributed by atoms with van der Waals surface area (Å²) in [7, 11) is 0. The minimum absolute atomic E-state index is 0.00328. The highest BCUT2D eigenvalue weighted by molar-refractivity contribution is 6.28. The number of hydrogen-bond donors (Lipinski definition) is 1. The van der Waals surface area contributed by atoms with Crippen LogP contribution in [0, 0.1) is 0 Å². The van der Waals surface area contributed by atoms with Gasteiger partial charge in [-0.25, -0.2) is 4.79 Å². The van der Waals surface area contributed by atoms with Crippen LogP contribution >= 0.6 is 0 Å². The number of benzene rings is 1. The molecule has 1 aliphatic carbocycles. The Bertz CT molecular complexity index is 1020. The minimum Gasteiger partial charge on any atom is -0.465 e. The van der Waals surface area contributed by atoms with Gasteiger partial charge in [-0.3, -0.25) is 19.2 Å². The Morgan fingerprint density at radius 2 is 1.67 bits per heavy atom. The Kier molecular flexibility index (Phi) is 4.94. The monoisotopic (exact) mass is 411 g/mol. The van der Waals surface area contributed by atoms with Crippen LogP contribution in [-0.4, -0.2) is 58.6 Å². The number of ketones is 3. The lowest BCUT2D eigenvalue weighted by Gasteiger charge is -2.29. The Morgan fingerprint density at radius 3 is 2.30 bits per heavy atom. The maximum Gasteiger partial charge on any atom is 0.407 e. The molecule has 4 rings (SSSR count). The molecule has 1 fully saturated rings. The van der Waals surface area contributed by atoms with E-state index in [4.69, 9.17) is 14.3 Å². The van der Waals surface area contributed by atoms with Crippen LogP contribution in [0.4, 0.5) is 4.79 Å². The number of esters is 1. The lowest BCUT2D eigenvalue weighted by molar-refractivity contribution is -0.149. The van der Waals surface area contributed by atoms with E-state index in [1.165, 1.54) is 23.1 Å². The summed E-state index contributed by atoms with van der Waals surface area (Å²) in [6, 6.07) is 7.49. The zero-order chi connectivity index (χ0) is 21.4. The van der Waals surface area contributed by atoms with Gasteiger partial charge >= 0.3 is 12.1 Å². The summed E-state index contributed by atoms with van der Waals surface area (Å²) in [5.74, 6) is -2.86. The van der Waals surface area contributed by atoms with Gasteiger partial charge < -0.3 is 19.2 Å². The van der Waals surface area contributed by atoms with Crippen LogP contribution in [-0.2, 0) is 9.53 Å². The molecule has 0 bridgehead atoms. The number of piperidine rings is 1. The number of likely N-dealkylation sites (tertiary alicyclic amines) is 1. The van der Waals surface area contributed by atoms with Crippen LogP contribution in [0.1, 0.15) is 61.9 Å². The average Bonchev–Trinajstić information content (AvgIpc) is 3.18. The van der Waals surface area contributed by atoms with E-state index in [1.54, 1.807) is 12.1 Å². The van der Waals surface area contributed by atoms with Crippen molar-refractivity contribution in [2.75, 3.05) is 13.1 Å². The molecule has 2 aliphatic rings. The summed E-state index contributed by atoms with van der Waals surface area (Å²) in [6.07, 6.45) is -1.40. The van der Waals surface area contributed by atoms with E-state index in [-0.39, 0.29) is 41.3 Å². The van der Waals surface area contributed by atoms with E-state index < -0.39 is 41.9 Å². The molecule has 2 aromatic rings. The third-order valence-corrected chi connectivity index (χ3v) is 5.19. The third-order valence-electron chi connectivity index (χ3n) is 5.19. The van der Waals surface area contributed by atoms with Crippen molar-refractivity contribution in [3.8, 4) is 0 Å². The van der Waals surface area contributed by atoms with Crippen LogP contribution in [0.3, 0.4) is 0 Å². The second-order valence-electron chi connectivity index (χ2n) is 7.12. The second-order valence-corrected chi connectivity index (χ2v) is 7.12. The molecule has 0 saturated carbocycles. The summed E-state index contributed by atoms with van der Waals surface area (Å²) in [4.78, 5) is 61.8. The average molecular weight is 411 g/mol. The van der Waals surface area contributed by atoms with E-state index in [9.17, 15) is 24.0 Å². The number of Topliss-reactive ketones (excluding diaryl/α,β-unsaturated/α-hetero) is 1. The van der Waals surface area contributed by atoms with Gasteiger partial charge in [-0.05, 0) is 6.07 Å². The molecule has 1 aromatic heterocycles. The summed E-state index contributed by atoms with van der Waals surface area (Å²) in [5.41, 5.74) is 0.439. The van der Waals surface area contributed by atoms with E-state index in [0.29, 0.717) is 12.8 Å². The topological polar surface area (TPSA) is 131 Å². The van der Waals surface area contributed by atoms with Crippen molar-refractivity contribution in [3.05, 3.63) is 58.5 Å². The van der Waals surface area contributed by atoms with Crippen molar-refractivity contribution in [2.24, 2.45) is 0 Å². The van der Waals surface area contributed by atoms with Crippen LogP contribution in [0.5, 0.6) is 0 Å². The van der Waals surface area contributed by atoms with Gasteiger partial charge in [-0.2, -0.15) is 0 Å². The van der Waals surface area contributed by atoms with Crippen molar-refractivity contribution in [1.29, 1.82) is 0 Å². The van der Waals surface area contributed by atoms with Crippen LogP contribution < -0.4 is 0 Å². The molecule has 0 atom stereocenters. The molecular formula is C21H17NO8. The number of amides is 1. The summed E-state index contributed by atoms with van der Waals surface area (Å²) in [6.45, 7) is 0.494. The fraction of sp³-hybridized carbons (Fsp3) is 0.286. The van der Waals surface area contributed by atoms with Crippen molar-refractivity contribution >= 4 is 29.4 Å². The maximum absolute atomic E-state index is 12.6. The van der Waals surface area contributed by atoms with Crippen LogP contribution in [0.15, 0.2) is 34.7 Å². The fourth-order valence-corrected chi connectivity index (χ4v) is 3.62. The van der Waals surface area contributed by atoms with Gasteiger partial charge in [0.05, 0.1) is 5.56 Å². The quantitative estimate of drug-likeness (QED) is 0.393. The summed E-state index contributed by atoms with van der Waals surface area (Å²) >= 11 is 0. The number of carbonyl (C=O) groups excluding carboxylic acids is 4. The van der Waals surface area contributed by atoms with Crippen molar-refractivity contribution in [1.82, 2.24) is 4.90 Å². The van der Waals surface area contributed by atoms with Gasteiger partial charge in [0.25, 0.3) is 0 Å². The molecule has 0 radical (unpaired) electrons. The van der Waals surface area contributed by atoms with Crippen molar-refractivity contribution in [3.63, 3.8) is 0 Å². The molecule has 9 nitrogen and oxygen atoms in total. The first-order chi connectivity index (χ1) is 14.3. The number of fused-ring (bicyclic) bond motifs is 2. The highest BCUT2D eigenvalue weighted by atomic mass is 16.5. The zero-order valence-electron chi connectivity index (χ0n) is 15.8. The molecular weight excluding hydrogens is 394 g/mol. The SMILES string of the molecule is O=C(CC(=O)c1cc2c(o1)C(=O)c1ccccc1C2=O)OC1CCN(C(=O)O)CC1. The molecule has 1 aromatic carbocycles. The van der Waals surface area contributed by atoms with E-state index in [2.05, 4.69) is 0 Å². The Morgan fingerprint density at radius 1 is 1.03 bits per heavy atom. The number of hydrogen-bond acceptors (Lipinski definition) is 7. The Hall–Kier alpha value is -3.75. The lowest BCUT2D eigenvalue weighted by atomic mass is 9.88. The zero-order valence-corrected chi connectivity index (χ0v) is 15.8. The van der Waals surface area contributed by atoms with Gasteiger partial charge in [0.2, 0.25) is 11.6 Å². The van der Waals surface area contributed by atoms with Crippen molar-refractivity contribution in [2.45, 2.75) is 25.4 Å². The maximum atomic E-state index is 12.6. The van der Waals surface area contributed by atoms with Gasteiger partial charge in [0, 0.05) is 37.1 Å². The minimum atomic E-state index is -1.03. The first-order valence-corrected chi connectivity index (χ1v) is 9.38. The van der Waals surface area contributed by atoms with E-state index in [0.717, 1.165) is 0 Å². The van der Waals surface area contributed by atoms with Gasteiger partial charge in [0.1, 0.15) is 12.5 Å². The highest BCUT2D eigenvalue weighted by Crippen LogP contribution is 2.30. The molecule has 9 heteroatoms. The lowest BCUT2D eigenvalue weighted by Crippen LogP contribution is -2.40. The van der Waals surface area contributed by atoms with E-state index in [1.807, 2.05) is 0 Å². The standard InChI is InChI=1S/C21H17NO8/c23-15(10-17(24)29-11-5-7-22(8-6-11)21(27)28)16-9-14-18(25)12-3-1-2-4-13(12)19(26)20(14)30-16/h1-4,9,11H,5-8,10H2,(H,27,28). The van der Waals surface area contributed by atoms with E-state index >= 15 is 0 Å². The summed E-state index contributed by atoms with van der Waals surface area (Å²) in [5, 5.41) is 8.93. The second kappa shape index (κ2) is 7.58. The van der Waals surface area contributed by atoms with Crippen molar-refractivity contribution < 1.29 is 38.2 Å². The number of carboxylic acid groups (broad SMARTS) is 1. The number of carbonyl (C=O) groups is 5. The number of rotatable bonds is 4. The molecule has 0 unspecified atom stereocenters. The molecule has 1 saturated heterocycles. The fourth-order valence-electron chi connectivity index (χ4n) is 3.62. The number of ether oxygens (including phenoxy) is 1. The smallest absolute Gasteiger partial charge is 0.407 e. The Labute approximate surface area is 170 Å². The first-order valence-electron chi connectivity index (χ1n) is 9.38. The predicted octanol–water partition coefficient (Wildman–Crippen LogP) is 2.31. The first kappa shape index (κ1) is 19.6. The van der Waals surface area contributed by atoms with Gasteiger partial charge in [-0.15, -0.1) is 0 Å². The molecule has 1 aliphatic heterocycles. The van der Waals surface area contributed by atoms with Gasteiger partial charge in [-0.1, -0.05) is 24.3 Å². The molecule has 30 heavy (non-hydrogen) atoms. The van der Waals surface area contributed by atoms with Crippen LogP contribution in [0.2, 0.25) is 0 Å². The highest BCUT2D eigenvalue weighted by Gasteiger charge is 2.35. The number of nitrogens with zero attached hydrogens (tertiary/aromatic N) is 1. The van der Waals surface area contributed by atoms with Gasteiger partial charge in [0.15, 0.2) is 17.3 Å². The molecule has 1 N–H and O–H groups in total. The molecule has 2 heterocycles. The Balaban J connectivity index is 1.42. The normalized spacial score (nSPS) is 16.1. The third kappa shape index (κ3) is 3.49.